The molecule has 108 valence electrons. The van der Waals surface area contributed by atoms with Crippen LogP contribution < -0.4 is 10.0 Å². The van der Waals surface area contributed by atoms with E-state index in [2.05, 4.69) is 10.0 Å². The molecular formula is C13H22N2O3S. The SMILES string of the molecule is Cc1oc(CNC2CC2)cc1S(=O)(=O)NCC(C)C. The first-order chi connectivity index (χ1) is 8.88. The van der Waals surface area contributed by atoms with Crippen molar-refractivity contribution in [1.82, 2.24) is 10.0 Å². The number of aryl methyl sites for hydroxylation is 1. The average molecular weight is 286 g/mol. The normalized spacial score (nSPS) is 16.2. The fraction of sp³-hybridized carbons (Fsp3) is 0.692. The molecule has 0 radical (unpaired) electrons. The van der Waals surface area contributed by atoms with Gasteiger partial charge in [0.25, 0.3) is 0 Å². The standard InChI is InChI=1S/C13H22N2O3S/c1-9(2)7-15-19(16,17)13-6-12(18-10(13)3)8-14-11-4-5-11/h6,9,11,14-15H,4-5,7-8H2,1-3H3. The van der Waals surface area contributed by atoms with Gasteiger partial charge in [0.2, 0.25) is 10.0 Å². The third kappa shape index (κ3) is 4.06. The first-order valence-electron chi connectivity index (χ1n) is 6.71. The summed E-state index contributed by atoms with van der Waals surface area (Å²) in [6, 6.07) is 2.19. The minimum absolute atomic E-state index is 0.251. The van der Waals surface area contributed by atoms with Crippen molar-refractivity contribution >= 4 is 10.0 Å². The first-order valence-corrected chi connectivity index (χ1v) is 8.19. The Morgan fingerprint density at radius 1 is 1.42 bits per heavy atom. The zero-order chi connectivity index (χ0) is 14.0. The summed E-state index contributed by atoms with van der Waals surface area (Å²) in [4.78, 5) is 0.251. The molecule has 1 saturated carbocycles. The van der Waals surface area contributed by atoms with Crippen LogP contribution >= 0.6 is 0 Å². The van der Waals surface area contributed by atoms with E-state index in [1.165, 1.54) is 12.8 Å². The van der Waals surface area contributed by atoms with E-state index >= 15 is 0 Å². The zero-order valence-corrected chi connectivity index (χ0v) is 12.5. The summed E-state index contributed by atoms with van der Waals surface area (Å²) in [5.41, 5.74) is 0. The third-order valence-corrected chi connectivity index (χ3v) is 4.57. The number of hydrogen-bond acceptors (Lipinski definition) is 4. The van der Waals surface area contributed by atoms with Crippen molar-refractivity contribution in [2.75, 3.05) is 6.54 Å². The lowest BCUT2D eigenvalue weighted by Gasteiger charge is -2.07. The molecule has 19 heavy (non-hydrogen) atoms. The van der Waals surface area contributed by atoms with Gasteiger partial charge in [-0.05, 0) is 25.7 Å². The van der Waals surface area contributed by atoms with Crippen LogP contribution in [-0.2, 0) is 16.6 Å². The molecule has 1 aromatic rings. The molecule has 0 spiro atoms. The van der Waals surface area contributed by atoms with Gasteiger partial charge in [0.05, 0.1) is 6.54 Å². The fourth-order valence-electron chi connectivity index (χ4n) is 1.76. The van der Waals surface area contributed by atoms with Crippen LogP contribution in [0.15, 0.2) is 15.4 Å². The maximum Gasteiger partial charge on any atom is 0.244 e. The third-order valence-electron chi connectivity index (χ3n) is 3.04. The number of nitrogens with one attached hydrogen (secondary N) is 2. The van der Waals surface area contributed by atoms with E-state index in [0.717, 1.165) is 0 Å². The predicted octanol–water partition coefficient (Wildman–Crippen LogP) is 1.77. The fourth-order valence-corrected chi connectivity index (χ4v) is 3.18. The molecule has 1 heterocycles. The molecule has 1 fully saturated rings. The molecule has 1 aliphatic carbocycles. The highest BCUT2D eigenvalue weighted by atomic mass is 32.2. The van der Waals surface area contributed by atoms with Gasteiger partial charge in [-0.2, -0.15) is 0 Å². The molecule has 0 atom stereocenters. The maximum atomic E-state index is 12.1. The van der Waals surface area contributed by atoms with Crippen LogP contribution in [-0.4, -0.2) is 21.0 Å². The van der Waals surface area contributed by atoms with Crippen LogP contribution in [0.2, 0.25) is 0 Å². The Balaban J connectivity index is 2.05. The number of furan rings is 1. The largest absolute Gasteiger partial charge is 0.464 e. The van der Waals surface area contributed by atoms with Gasteiger partial charge in [-0.15, -0.1) is 0 Å². The van der Waals surface area contributed by atoms with Gasteiger partial charge in [-0.25, -0.2) is 13.1 Å². The van der Waals surface area contributed by atoms with Gasteiger partial charge in [0.1, 0.15) is 16.4 Å². The Hall–Kier alpha value is -0.850. The van der Waals surface area contributed by atoms with Crippen molar-refractivity contribution in [2.45, 2.75) is 51.1 Å². The maximum absolute atomic E-state index is 12.1. The predicted molar refractivity (Wildman–Crippen MR) is 73.3 cm³/mol. The average Bonchev–Trinajstić information content (AvgIpc) is 3.07. The monoisotopic (exact) mass is 286 g/mol. The van der Waals surface area contributed by atoms with E-state index in [1.807, 2.05) is 13.8 Å². The summed E-state index contributed by atoms with van der Waals surface area (Å²) < 4.78 is 32.4. The second-order valence-corrected chi connectivity index (χ2v) is 7.27. The molecule has 6 heteroatoms. The first kappa shape index (κ1) is 14.6. The van der Waals surface area contributed by atoms with Crippen molar-refractivity contribution in [3.8, 4) is 0 Å². The van der Waals surface area contributed by atoms with E-state index in [0.29, 0.717) is 30.7 Å². The van der Waals surface area contributed by atoms with E-state index < -0.39 is 10.0 Å². The van der Waals surface area contributed by atoms with Crippen LogP contribution in [0.4, 0.5) is 0 Å². The van der Waals surface area contributed by atoms with Gasteiger partial charge < -0.3 is 9.73 Å². The summed E-state index contributed by atoms with van der Waals surface area (Å²) in [7, 11) is -3.46. The Morgan fingerprint density at radius 2 is 2.11 bits per heavy atom. The molecule has 2 rings (SSSR count). The molecule has 5 nitrogen and oxygen atoms in total. The van der Waals surface area contributed by atoms with Gasteiger partial charge in [-0.3, -0.25) is 0 Å². The quantitative estimate of drug-likeness (QED) is 0.801. The van der Waals surface area contributed by atoms with Gasteiger partial charge in [0.15, 0.2) is 0 Å². The molecule has 2 N–H and O–H groups in total. The van der Waals surface area contributed by atoms with E-state index in [4.69, 9.17) is 4.42 Å². The minimum atomic E-state index is -3.46. The van der Waals surface area contributed by atoms with Gasteiger partial charge in [0, 0.05) is 18.7 Å². The summed E-state index contributed by atoms with van der Waals surface area (Å²) in [6.07, 6.45) is 2.39. The zero-order valence-electron chi connectivity index (χ0n) is 11.7. The molecule has 0 amide bonds. The van der Waals surface area contributed by atoms with Crippen LogP contribution in [0.1, 0.15) is 38.2 Å². The lowest BCUT2D eigenvalue weighted by Crippen LogP contribution is -2.27. The highest BCUT2D eigenvalue weighted by Crippen LogP contribution is 2.22. The summed E-state index contributed by atoms with van der Waals surface area (Å²) in [6.45, 7) is 6.64. The van der Waals surface area contributed by atoms with Crippen molar-refractivity contribution in [3.63, 3.8) is 0 Å². The highest BCUT2D eigenvalue weighted by Gasteiger charge is 2.24. The smallest absolute Gasteiger partial charge is 0.244 e. The van der Waals surface area contributed by atoms with Crippen molar-refractivity contribution < 1.29 is 12.8 Å². The van der Waals surface area contributed by atoms with Crippen molar-refractivity contribution in [2.24, 2.45) is 5.92 Å². The Labute approximate surface area is 114 Å². The Bertz CT molecular complexity index is 530. The van der Waals surface area contributed by atoms with E-state index in [1.54, 1.807) is 13.0 Å². The molecule has 1 aromatic heterocycles. The number of rotatable bonds is 7. The summed E-state index contributed by atoms with van der Waals surface area (Å²) in [5, 5.41) is 3.31. The lowest BCUT2D eigenvalue weighted by molar-refractivity contribution is 0.456. The van der Waals surface area contributed by atoms with Crippen LogP contribution in [0, 0.1) is 12.8 Å². The van der Waals surface area contributed by atoms with Crippen LogP contribution in [0.5, 0.6) is 0 Å². The topological polar surface area (TPSA) is 71.3 Å². The molecule has 0 saturated heterocycles. The van der Waals surface area contributed by atoms with Crippen molar-refractivity contribution in [1.29, 1.82) is 0 Å². The molecule has 0 unspecified atom stereocenters. The molecule has 1 aliphatic rings. The molecular weight excluding hydrogens is 264 g/mol. The van der Waals surface area contributed by atoms with Crippen LogP contribution in [0.25, 0.3) is 0 Å². The number of sulfonamides is 1. The lowest BCUT2D eigenvalue weighted by atomic mass is 10.2. The van der Waals surface area contributed by atoms with Gasteiger partial charge >= 0.3 is 0 Å². The second kappa shape index (κ2) is 5.64. The Kier molecular flexibility index (Phi) is 4.32. The second-order valence-electron chi connectivity index (χ2n) is 5.53. The molecule has 0 aliphatic heterocycles. The Morgan fingerprint density at radius 3 is 2.68 bits per heavy atom. The van der Waals surface area contributed by atoms with E-state index in [-0.39, 0.29) is 10.8 Å². The highest BCUT2D eigenvalue weighted by molar-refractivity contribution is 7.89. The van der Waals surface area contributed by atoms with Crippen LogP contribution in [0.3, 0.4) is 0 Å². The summed E-state index contributed by atoms with van der Waals surface area (Å²) in [5.74, 6) is 1.40. The summed E-state index contributed by atoms with van der Waals surface area (Å²) >= 11 is 0. The minimum Gasteiger partial charge on any atom is -0.464 e. The number of hydrogen-bond donors (Lipinski definition) is 2. The molecule has 0 bridgehead atoms. The van der Waals surface area contributed by atoms with Crippen molar-refractivity contribution in [3.05, 3.63) is 17.6 Å². The van der Waals surface area contributed by atoms with E-state index in [9.17, 15) is 8.42 Å². The molecule has 0 aromatic carbocycles. The van der Waals surface area contributed by atoms with Gasteiger partial charge in [-0.1, -0.05) is 13.8 Å².